The van der Waals surface area contributed by atoms with Crippen molar-refractivity contribution >= 4 is 17.7 Å². The number of carbonyl (C=O) groups excluding carboxylic acids is 1. The van der Waals surface area contributed by atoms with Gasteiger partial charge in [-0.05, 0) is 25.7 Å². The SMILES string of the molecule is CC1CSCCN1C(=O)CC1CCCCC1N. The molecule has 0 spiro atoms. The second-order valence-electron chi connectivity index (χ2n) is 5.42. The third kappa shape index (κ3) is 3.38. The molecule has 3 nitrogen and oxygen atoms in total. The first-order valence-corrected chi connectivity index (χ1v) is 7.96. The Hall–Kier alpha value is -0.220. The zero-order valence-electron chi connectivity index (χ0n) is 10.7. The van der Waals surface area contributed by atoms with Crippen LogP contribution in [0.2, 0.25) is 0 Å². The molecule has 0 aromatic carbocycles. The maximum Gasteiger partial charge on any atom is 0.223 e. The van der Waals surface area contributed by atoms with Crippen molar-refractivity contribution in [1.82, 2.24) is 4.90 Å². The maximum atomic E-state index is 12.3. The quantitative estimate of drug-likeness (QED) is 0.820. The van der Waals surface area contributed by atoms with Crippen LogP contribution in [-0.2, 0) is 4.79 Å². The Morgan fingerprint density at radius 1 is 1.41 bits per heavy atom. The van der Waals surface area contributed by atoms with Crippen LogP contribution < -0.4 is 5.73 Å². The molecule has 2 fully saturated rings. The molecule has 2 rings (SSSR count). The summed E-state index contributed by atoms with van der Waals surface area (Å²) in [4.78, 5) is 14.4. The lowest BCUT2D eigenvalue weighted by atomic mass is 9.82. The van der Waals surface area contributed by atoms with E-state index >= 15 is 0 Å². The van der Waals surface area contributed by atoms with Crippen molar-refractivity contribution in [3.05, 3.63) is 0 Å². The fraction of sp³-hybridized carbons (Fsp3) is 0.923. The Kier molecular flexibility index (Phi) is 4.74. The highest BCUT2D eigenvalue weighted by atomic mass is 32.2. The molecular formula is C13H24N2OS. The number of nitrogens with two attached hydrogens (primary N) is 1. The Morgan fingerprint density at radius 3 is 2.88 bits per heavy atom. The molecule has 1 amide bonds. The van der Waals surface area contributed by atoms with E-state index in [1.807, 2.05) is 11.8 Å². The highest BCUT2D eigenvalue weighted by Crippen LogP contribution is 2.27. The number of amides is 1. The minimum atomic E-state index is 0.252. The summed E-state index contributed by atoms with van der Waals surface area (Å²) in [5, 5.41) is 0. The van der Waals surface area contributed by atoms with Gasteiger partial charge >= 0.3 is 0 Å². The summed E-state index contributed by atoms with van der Waals surface area (Å²) in [6, 6.07) is 0.656. The predicted molar refractivity (Wildman–Crippen MR) is 73.1 cm³/mol. The molecule has 2 aliphatic rings. The second-order valence-corrected chi connectivity index (χ2v) is 6.57. The lowest BCUT2D eigenvalue weighted by Gasteiger charge is -2.35. The van der Waals surface area contributed by atoms with Gasteiger partial charge in [-0.25, -0.2) is 0 Å². The minimum Gasteiger partial charge on any atom is -0.338 e. The average molecular weight is 256 g/mol. The summed E-state index contributed by atoms with van der Waals surface area (Å²) in [6.07, 6.45) is 5.41. The largest absolute Gasteiger partial charge is 0.338 e. The van der Waals surface area contributed by atoms with Crippen molar-refractivity contribution in [3.8, 4) is 0 Å². The third-order valence-electron chi connectivity index (χ3n) is 4.09. The van der Waals surface area contributed by atoms with Gasteiger partial charge in [0.25, 0.3) is 0 Å². The van der Waals surface area contributed by atoms with Crippen molar-refractivity contribution in [3.63, 3.8) is 0 Å². The van der Waals surface area contributed by atoms with Crippen LogP contribution in [0.5, 0.6) is 0 Å². The number of carbonyl (C=O) groups is 1. The van der Waals surface area contributed by atoms with Gasteiger partial charge in [0, 0.05) is 36.6 Å². The van der Waals surface area contributed by atoms with E-state index in [0.29, 0.717) is 24.3 Å². The lowest BCUT2D eigenvalue weighted by Crippen LogP contribution is -2.46. The van der Waals surface area contributed by atoms with E-state index < -0.39 is 0 Å². The molecule has 0 bridgehead atoms. The van der Waals surface area contributed by atoms with E-state index in [-0.39, 0.29) is 6.04 Å². The molecule has 3 unspecified atom stereocenters. The van der Waals surface area contributed by atoms with Crippen LogP contribution in [0.1, 0.15) is 39.0 Å². The molecule has 3 atom stereocenters. The fourth-order valence-corrected chi connectivity index (χ4v) is 3.94. The van der Waals surface area contributed by atoms with Crippen molar-refractivity contribution < 1.29 is 4.79 Å². The summed E-state index contributed by atoms with van der Waals surface area (Å²) < 4.78 is 0. The number of thioether (sulfide) groups is 1. The van der Waals surface area contributed by atoms with Gasteiger partial charge in [0.05, 0.1) is 0 Å². The summed E-state index contributed by atoms with van der Waals surface area (Å²) in [6.45, 7) is 3.08. The first kappa shape index (κ1) is 13.2. The Balaban J connectivity index is 1.86. The zero-order chi connectivity index (χ0) is 12.3. The van der Waals surface area contributed by atoms with Gasteiger partial charge in [-0.1, -0.05) is 12.8 Å². The van der Waals surface area contributed by atoms with Gasteiger partial charge < -0.3 is 10.6 Å². The molecular weight excluding hydrogens is 232 g/mol. The average Bonchev–Trinajstić information content (AvgIpc) is 2.32. The Labute approximate surface area is 108 Å². The molecule has 17 heavy (non-hydrogen) atoms. The molecule has 0 aromatic heterocycles. The summed E-state index contributed by atoms with van der Waals surface area (Å²) in [5.41, 5.74) is 6.12. The van der Waals surface area contributed by atoms with E-state index in [1.54, 1.807) is 0 Å². The fourth-order valence-electron chi connectivity index (χ4n) is 2.93. The zero-order valence-corrected chi connectivity index (χ0v) is 11.5. The van der Waals surface area contributed by atoms with E-state index in [4.69, 9.17) is 5.73 Å². The normalized spacial score (nSPS) is 34.7. The summed E-state index contributed by atoms with van der Waals surface area (Å²) >= 11 is 1.95. The molecule has 0 radical (unpaired) electrons. The molecule has 1 heterocycles. The van der Waals surface area contributed by atoms with Crippen molar-refractivity contribution in [2.24, 2.45) is 11.7 Å². The number of hydrogen-bond donors (Lipinski definition) is 1. The molecule has 1 aliphatic carbocycles. The van der Waals surface area contributed by atoms with E-state index in [1.165, 1.54) is 12.8 Å². The third-order valence-corrected chi connectivity index (χ3v) is 5.28. The lowest BCUT2D eigenvalue weighted by molar-refractivity contribution is -0.134. The van der Waals surface area contributed by atoms with E-state index in [9.17, 15) is 4.79 Å². The van der Waals surface area contributed by atoms with E-state index in [2.05, 4.69) is 11.8 Å². The van der Waals surface area contributed by atoms with Gasteiger partial charge in [-0.3, -0.25) is 4.79 Å². The smallest absolute Gasteiger partial charge is 0.223 e. The van der Waals surface area contributed by atoms with Crippen LogP contribution >= 0.6 is 11.8 Å². The summed E-state index contributed by atoms with van der Waals surface area (Å²) in [7, 11) is 0. The van der Waals surface area contributed by atoms with Crippen molar-refractivity contribution in [2.45, 2.75) is 51.1 Å². The number of nitrogens with zero attached hydrogens (tertiary/aromatic N) is 1. The highest BCUT2D eigenvalue weighted by molar-refractivity contribution is 7.99. The van der Waals surface area contributed by atoms with Crippen LogP contribution in [0.4, 0.5) is 0 Å². The molecule has 0 aromatic rings. The molecule has 98 valence electrons. The van der Waals surface area contributed by atoms with E-state index in [0.717, 1.165) is 30.9 Å². The standard InChI is InChI=1S/C13H24N2OS/c1-10-9-17-7-6-15(10)13(16)8-11-4-2-3-5-12(11)14/h10-12H,2-9,14H2,1H3. The van der Waals surface area contributed by atoms with Crippen LogP contribution in [0.15, 0.2) is 0 Å². The first-order valence-electron chi connectivity index (χ1n) is 6.81. The van der Waals surface area contributed by atoms with Crippen LogP contribution in [-0.4, -0.2) is 40.9 Å². The summed E-state index contributed by atoms with van der Waals surface area (Å²) in [5.74, 6) is 2.94. The highest BCUT2D eigenvalue weighted by Gasteiger charge is 2.29. The molecule has 1 saturated carbocycles. The monoisotopic (exact) mass is 256 g/mol. The van der Waals surface area contributed by atoms with Crippen LogP contribution in [0.25, 0.3) is 0 Å². The van der Waals surface area contributed by atoms with Crippen LogP contribution in [0, 0.1) is 5.92 Å². The van der Waals surface area contributed by atoms with Crippen molar-refractivity contribution in [1.29, 1.82) is 0 Å². The number of rotatable bonds is 2. The molecule has 1 aliphatic heterocycles. The van der Waals surface area contributed by atoms with Crippen LogP contribution in [0.3, 0.4) is 0 Å². The van der Waals surface area contributed by atoms with Gasteiger partial charge in [-0.2, -0.15) is 11.8 Å². The van der Waals surface area contributed by atoms with Crippen molar-refractivity contribution in [2.75, 3.05) is 18.1 Å². The molecule has 2 N–H and O–H groups in total. The van der Waals surface area contributed by atoms with Gasteiger partial charge in [0.2, 0.25) is 5.91 Å². The van der Waals surface area contributed by atoms with Gasteiger partial charge in [0.1, 0.15) is 0 Å². The predicted octanol–water partition coefficient (Wildman–Crippen LogP) is 1.86. The Bertz CT molecular complexity index is 272. The minimum absolute atomic E-state index is 0.252. The second kappa shape index (κ2) is 6.10. The van der Waals surface area contributed by atoms with Gasteiger partial charge in [0.15, 0.2) is 0 Å². The number of hydrogen-bond acceptors (Lipinski definition) is 3. The van der Waals surface area contributed by atoms with Gasteiger partial charge in [-0.15, -0.1) is 0 Å². The Morgan fingerprint density at radius 2 is 2.18 bits per heavy atom. The first-order chi connectivity index (χ1) is 8.18. The topological polar surface area (TPSA) is 46.3 Å². The maximum absolute atomic E-state index is 12.3. The molecule has 1 saturated heterocycles. The molecule has 4 heteroatoms.